The van der Waals surface area contributed by atoms with Crippen LogP contribution in [0.4, 0.5) is 0 Å². The van der Waals surface area contributed by atoms with Gasteiger partial charge in [-0.2, -0.15) is 0 Å². The summed E-state index contributed by atoms with van der Waals surface area (Å²) in [7, 11) is 2.21. The van der Waals surface area contributed by atoms with Crippen molar-refractivity contribution < 1.29 is 9.59 Å². The van der Waals surface area contributed by atoms with E-state index in [1.54, 1.807) is 0 Å². The summed E-state index contributed by atoms with van der Waals surface area (Å²) in [5.74, 6) is 0.849. The Balaban J connectivity index is 1.88. The minimum atomic E-state index is -0.307. The Morgan fingerprint density at radius 2 is 1.41 bits per heavy atom. The molecule has 0 atom stereocenters. The molecular formula is C23H42N2O2. The first-order valence-electron chi connectivity index (χ1n) is 10.8. The van der Waals surface area contributed by atoms with Gasteiger partial charge in [0.05, 0.1) is 0 Å². The molecule has 1 aliphatic heterocycles. The Hall–Kier alpha value is -0.900. The van der Waals surface area contributed by atoms with Crippen LogP contribution in [0.25, 0.3) is 0 Å². The van der Waals surface area contributed by atoms with Crippen LogP contribution < -0.4 is 0 Å². The SMILES string of the molecule is CN(C1CCC(C(=O)N2CCC(C)(C(=O)C(C)(C)C)CC2)CC1)C(C)(C)C. The van der Waals surface area contributed by atoms with E-state index >= 15 is 0 Å². The van der Waals surface area contributed by atoms with E-state index in [0.29, 0.717) is 17.7 Å². The first-order valence-corrected chi connectivity index (χ1v) is 10.8. The molecule has 4 nitrogen and oxygen atoms in total. The number of ketones is 1. The van der Waals surface area contributed by atoms with Crippen LogP contribution in [-0.2, 0) is 9.59 Å². The predicted molar refractivity (Wildman–Crippen MR) is 112 cm³/mol. The van der Waals surface area contributed by atoms with E-state index in [1.807, 2.05) is 25.7 Å². The van der Waals surface area contributed by atoms with Gasteiger partial charge >= 0.3 is 0 Å². The number of amides is 1. The number of Topliss-reactive ketones (excluding diaryl/α,β-unsaturated/α-hetero) is 1. The van der Waals surface area contributed by atoms with Crippen molar-refractivity contribution >= 4 is 11.7 Å². The number of likely N-dealkylation sites (tertiary alicyclic amines) is 1. The zero-order chi connectivity index (χ0) is 20.6. The van der Waals surface area contributed by atoms with Crippen LogP contribution in [0.3, 0.4) is 0 Å². The van der Waals surface area contributed by atoms with Crippen molar-refractivity contribution in [2.24, 2.45) is 16.7 Å². The highest BCUT2D eigenvalue weighted by molar-refractivity contribution is 5.89. The molecule has 0 spiro atoms. The highest BCUT2D eigenvalue weighted by atomic mass is 16.2. The minimum absolute atomic E-state index is 0.178. The third-order valence-corrected chi connectivity index (χ3v) is 7.06. The molecular weight excluding hydrogens is 336 g/mol. The van der Waals surface area contributed by atoms with Crippen molar-refractivity contribution in [1.29, 1.82) is 0 Å². The lowest BCUT2D eigenvalue weighted by atomic mass is 9.68. The topological polar surface area (TPSA) is 40.6 Å². The smallest absolute Gasteiger partial charge is 0.225 e. The number of rotatable bonds is 3. The van der Waals surface area contributed by atoms with Crippen LogP contribution >= 0.6 is 0 Å². The van der Waals surface area contributed by atoms with Crippen LogP contribution in [0.5, 0.6) is 0 Å². The maximum absolute atomic E-state index is 13.0. The van der Waals surface area contributed by atoms with E-state index < -0.39 is 0 Å². The summed E-state index contributed by atoms with van der Waals surface area (Å²) in [6, 6.07) is 0.586. The first-order chi connectivity index (χ1) is 12.3. The molecule has 1 saturated carbocycles. The maximum atomic E-state index is 13.0. The fourth-order valence-corrected chi connectivity index (χ4v) is 4.87. The van der Waals surface area contributed by atoms with Crippen LogP contribution in [0, 0.1) is 16.7 Å². The van der Waals surface area contributed by atoms with Crippen molar-refractivity contribution in [2.75, 3.05) is 20.1 Å². The highest BCUT2D eigenvalue weighted by Crippen LogP contribution is 2.39. The number of hydrogen-bond donors (Lipinski definition) is 0. The second-order valence-corrected chi connectivity index (χ2v) is 11.3. The number of carbonyl (C=O) groups is 2. The van der Waals surface area contributed by atoms with E-state index in [0.717, 1.165) is 51.6 Å². The molecule has 0 unspecified atom stereocenters. The Morgan fingerprint density at radius 3 is 1.81 bits per heavy atom. The molecule has 2 aliphatic rings. The third kappa shape index (κ3) is 5.13. The molecule has 0 N–H and O–H groups in total. The largest absolute Gasteiger partial charge is 0.342 e. The second-order valence-electron chi connectivity index (χ2n) is 11.3. The van der Waals surface area contributed by atoms with Crippen molar-refractivity contribution in [1.82, 2.24) is 9.80 Å². The van der Waals surface area contributed by atoms with Crippen LogP contribution in [0.2, 0.25) is 0 Å². The monoisotopic (exact) mass is 378 g/mol. The van der Waals surface area contributed by atoms with E-state index in [-0.39, 0.29) is 22.3 Å². The number of nitrogens with zero attached hydrogens (tertiary/aromatic N) is 2. The summed E-state index contributed by atoms with van der Waals surface area (Å²) in [4.78, 5) is 30.3. The summed E-state index contributed by atoms with van der Waals surface area (Å²) in [5.41, 5.74) is -0.404. The lowest BCUT2D eigenvalue weighted by Crippen LogP contribution is -2.51. The molecule has 0 bridgehead atoms. The fraction of sp³-hybridized carbons (Fsp3) is 0.913. The highest BCUT2D eigenvalue weighted by Gasteiger charge is 2.43. The van der Waals surface area contributed by atoms with Gasteiger partial charge in [-0.25, -0.2) is 0 Å². The summed E-state index contributed by atoms with van der Waals surface area (Å²) in [6.07, 6.45) is 5.82. The molecule has 1 aliphatic carbocycles. The lowest BCUT2D eigenvalue weighted by Gasteiger charge is -2.44. The van der Waals surface area contributed by atoms with Gasteiger partial charge < -0.3 is 4.90 Å². The first kappa shape index (κ1) is 22.4. The van der Waals surface area contributed by atoms with E-state index in [9.17, 15) is 9.59 Å². The van der Waals surface area contributed by atoms with Gasteiger partial charge in [-0.05, 0) is 66.3 Å². The predicted octanol–water partition coefficient (Wildman–Crippen LogP) is 4.52. The van der Waals surface area contributed by atoms with Gasteiger partial charge in [0, 0.05) is 41.4 Å². The van der Waals surface area contributed by atoms with Gasteiger partial charge in [0.25, 0.3) is 0 Å². The summed E-state index contributed by atoms with van der Waals surface area (Å²) < 4.78 is 0. The van der Waals surface area contributed by atoms with Crippen LogP contribution in [-0.4, -0.2) is 53.2 Å². The van der Waals surface area contributed by atoms with Crippen molar-refractivity contribution in [2.45, 2.75) is 98.6 Å². The molecule has 1 saturated heterocycles. The minimum Gasteiger partial charge on any atom is -0.342 e. The second kappa shape index (κ2) is 7.85. The van der Waals surface area contributed by atoms with Gasteiger partial charge in [0.2, 0.25) is 5.91 Å². The van der Waals surface area contributed by atoms with Crippen molar-refractivity contribution in [3.05, 3.63) is 0 Å². The van der Waals surface area contributed by atoms with Gasteiger partial charge in [-0.3, -0.25) is 14.5 Å². The molecule has 0 aromatic rings. The van der Waals surface area contributed by atoms with Gasteiger partial charge in [0.1, 0.15) is 5.78 Å². The Bertz CT molecular complexity index is 540. The zero-order valence-electron chi connectivity index (χ0n) is 19.0. The molecule has 2 fully saturated rings. The third-order valence-electron chi connectivity index (χ3n) is 7.06. The number of carbonyl (C=O) groups excluding carboxylic acids is 2. The zero-order valence-corrected chi connectivity index (χ0v) is 19.0. The quantitative estimate of drug-likeness (QED) is 0.725. The molecule has 1 heterocycles. The summed E-state index contributed by atoms with van der Waals surface area (Å²) in [6.45, 7) is 16.4. The molecule has 1 amide bonds. The standard InChI is InChI=1S/C23H42N2O2/c1-21(2,3)20(27)23(7)13-15-25(16-14-23)19(26)17-9-11-18(12-10-17)24(8)22(4,5)6/h17-18H,9-16H2,1-8H3. The summed E-state index contributed by atoms with van der Waals surface area (Å²) >= 11 is 0. The average molecular weight is 379 g/mol. The molecule has 0 aromatic heterocycles. The Morgan fingerprint density at radius 1 is 0.926 bits per heavy atom. The van der Waals surface area contributed by atoms with Crippen molar-refractivity contribution in [3.63, 3.8) is 0 Å². The van der Waals surface area contributed by atoms with E-state index in [1.165, 1.54) is 0 Å². The summed E-state index contributed by atoms with van der Waals surface area (Å²) in [5, 5.41) is 0. The lowest BCUT2D eigenvalue weighted by molar-refractivity contribution is -0.145. The Labute approximate surface area is 167 Å². The average Bonchev–Trinajstić information content (AvgIpc) is 2.59. The van der Waals surface area contributed by atoms with Gasteiger partial charge in [-0.1, -0.05) is 27.7 Å². The molecule has 156 valence electrons. The van der Waals surface area contributed by atoms with Gasteiger partial charge in [-0.15, -0.1) is 0 Å². The molecule has 0 radical (unpaired) electrons. The molecule has 27 heavy (non-hydrogen) atoms. The fourth-order valence-electron chi connectivity index (χ4n) is 4.87. The van der Waals surface area contributed by atoms with Crippen LogP contribution in [0.1, 0.15) is 87.0 Å². The van der Waals surface area contributed by atoms with Gasteiger partial charge in [0.15, 0.2) is 0 Å². The Kier molecular flexibility index (Phi) is 6.51. The molecule has 4 heteroatoms. The molecule has 2 rings (SSSR count). The van der Waals surface area contributed by atoms with E-state index in [2.05, 4.69) is 39.6 Å². The molecule has 0 aromatic carbocycles. The number of hydrogen-bond acceptors (Lipinski definition) is 3. The van der Waals surface area contributed by atoms with Crippen LogP contribution in [0.15, 0.2) is 0 Å². The number of piperidine rings is 1. The van der Waals surface area contributed by atoms with E-state index in [4.69, 9.17) is 0 Å². The van der Waals surface area contributed by atoms with Crippen molar-refractivity contribution in [3.8, 4) is 0 Å². The maximum Gasteiger partial charge on any atom is 0.225 e. The normalized spacial score (nSPS) is 26.9.